The van der Waals surface area contributed by atoms with Crippen LogP contribution in [-0.2, 0) is 16.4 Å². The normalized spacial score (nSPS) is 11.3. The average molecular weight is 297 g/mol. The molecule has 4 nitrogen and oxygen atoms in total. The second-order valence-corrected chi connectivity index (χ2v) is 6.01. The third-order valence-electron chi connectivity index (χ3n) is 2.55. The Labute approximate surface area is 117 Å². The van der Waals surface area contributed by atoms with E-state index in [1.807, 2.05) is 13.0 Å². The molecule has 1 N–H and O–H groups in total. The van der Waals surface area contributed by atoms with Crippen LogP contribution in [0.2, 0.25) is 5.02 Å². The minimum atomic E-state index is -3.68. The molecule has 1 aromatic carbocycles. The number of hydrogen-bond donors (Lipinski definition) is 1. The number of aromatic nitrogens is 1. The zero-order valence-electron chi connectivity index (χ0n) is 10.3. The van der Waals surface area contributed by atoms with Gasteiger partial charge in [0.2, 0.25) is 0 Å². The lowest BCUT2D eigenvalue weighted by Crippen LogP contribution is -2.15. The topological polar surface area (TPSA) is 59.1 Å². The van der Waals surface area contributed by atoms with Gasteiger partial charge in [0, 0.05) is 11.9 Å². The highest BCUT2D eigenvalue weighted by Gasteiger charge is 2.19. The van der Waals surface area contributed by atoms with Crippen molar-refractivity contribution >= 4 is 27.3 Å². The van der Waals surface area contributed by atoms with Gasteiger partial charge in [0.1, 0.15) is 4.90 Å². The minimum absolute atomic E-state index is 0.117. The van der Waals surface area contributed by atoms with Gasteiger partial charge < -0.3 is 0 Å². The molecule has 0 atom stereocenters. The molecule has 0 aliphatic rings. The van der Waals surface area contributed by atoms with Gasteiger partial charge in [-0.15, -0.1) is 0 Å². The predicted octanol–water partition coefficient (Wildman–Crippen LogP) is 3.10. The van der Waals surface area contributed by atoms with Gasteiger partial charge in [0.15, 0.2) is 0 Å². The molecular weight excluding hydrogens is 284 g/mol. The number of anilines is 1. The van der Waals surface area contributed by atoms with E-state index in [0.29, 0.717) is 22.8 Å². The van der Waals surface area contributed by atoms with Crippen molar-refractivity contribution in [3.63, 3.8) is 0 Å². The molecule has 0 aliphatic heterocycles. The van der Waals surface area contributed by atoms with E-state index in [1.54, 1.807) is 24.3 Å². The Morgan fingerprint density at radius 2 is 1.95 bits per heavy atom. The fraction of sp³-hybridized carbons (Fsp3) is 0.154. The van der Waals surface area contributed by atoms with Gasteiger partial charge in [-0.05, 0) is 24.6 Å². The minimum Gasteiger partial charge on any atom is -0.280 e. The van der Waals surface area contributed by atoms with Crippen LogP contribution in [0.1, 0.15) is 12.6 Å². The van der Waals surface area contributed by atoms with Crippen molar-refractivity contribution in [1.82, 2.24) is 4.98 Å². The van der Waals surface area contributed by atoms with Gasteiger partial charge in [-0.2, -0.15) is 0 Å². The Balaban J connectivity index is 2.42. The monoisotopic (exact) mass is 296 g/mol. The standard InChI is InChI=1S/C13H13ClN2O2S/c1-2-12-13(8-10(14)9-15-12)19(17,18)16-11-6-4-3-5-7-11/h3-9,16H,2H2,1H3. The molecular formula is C13H13ClN2O2S. The number of hydrogen-bond acceptors (Lipinski definition) is 3. The van der Waals surface area contributed by atoms with E-state index in [2.05, 4.69) is 9.71 Å². The summed E-state index contributed by atoms with van der Waals surface area (Å²) in [5.74, 6) is 0. The van der Waals surface area contributed by atoms with Crippen LogP contribution in [-0.4, -0.2) is 13.4 Å². The zero-order chi connectivity index (χ0) is 13.9. The van der Waals surface area contributed by atoms with Gasteiger partial charge in [0.25, 0.3) is 10.0 Å². The lowest BCUT2D eigenvalue weighted by Gasteiger charge is -2.11. The van der Waals surface area contributed by atoms with E-state index >= 15 is 0 Å². The summed E-state index contributed by atoms with van der Waals surface area (Å²) in [6, 6.07) is 10.1. The molecule has 19 heavy (non-hydrogen) atoms. The van der Waals surface area contributed by atoms with Crippen LogP contribution in [0.25, 0.3) is 0 Å². The summed E-state index contributed by atoms with van der Waals surface area (Å²) in [6.07, 6.45) is 1.96. The van der Waals surface area contributed by atoms with Crippen LogP contribution in [0.5, 0.6) is 0 Å². The molecule has 0 amide bonds. The van der Waals surface area contributed by atoms with Crippen molar-refractivity contribution < 1.29 is 8.42 Å². The molecule has 0 radical (unpaired) electrons. The number of pyridine rings is 1. The molecule has 2 aromatic rings. The number of nitrogens with one attached hydrogen (secondary N) is 1. The maximum absolute atomic E-state index is 12.3. The molecule has 0 unspecified atom stereocenters. The van der Waals surface area contributed by atoms with Crippen LogP contribution < -0.4 is 4.72 Å². The van der Waals surface area contributed by atoms with Crippen molar-refractivity contribution in [2.75, 3.05) is 4.72 Å². The summed E-state index contributed by atoms with van der Waals surface area (Å²) in [6.45, 7) is 1.85. The highest BCUT2D eigenvalue weighted by Crippen LogP contribution is 2.21. The fourth-order valence-electron chi connectivity index (χ4n) is 1.66. The number of aryl methyl sites for hydroxylation is 1. The van der Waals surface area contributed by atoms with E-state index in [-0.39, 0.29) is 4.90 Å². The van der Waals surface area contributed by atoms with E-state index in [0.717, 1.165) is 0 Å². The third kappa shape index (κ3) is 3.24. The van der Waals surface area contributed by atoms with Crippen LogP contribution in [0, 0.1) is 0 Å². The number of sulfonamides is 1. The number of benzene rings is 1. The Hall–Kier alpha value is -1.59. The van der Waals surface area contributed by atoms with Gasteiger partial charge >= 0.3 is 0 Å². The molecule has 1 aromatic heterocycles. The number of rotatable bonds is 4. The average Bonchev–Trinajstić information content (AvgIpc) is 2.39. The maximum atomic E-state index is 12.3. The second kappa shape index (κ2) is 5.59. The first-order chi connectivity index (χ1) is 9.03. The van der Waals surface area contributed by atoms with Crippen molar-refractivity contribution in [2.45, 2.75) is 18.2 Å². The van der Waals surface area contributed by atoms with Crippen molar-refractivity contribution in [1.29, 1.82) is 0 Å². The highest BCUT2D eigenvalue weighted by molar-refractivity contribution is 7.92. The largest absolute Gasteiger partial charge is 0.280 e. The molecule has 0 aliphatic carbocycles. The maximum Gasteiger partial charge on any atom is 0.263 e. The first kappa shape index (κ1) is 13.8. The molecule has 0 spiro atoms. The lowest BCUT2D eigenvalue weighted by atomic mass is 10.3. The van der Waals surface area contributed by atoms with Gasteiger partial charge in [-0.25, -0.2) is 8.42 Å². The van der Waals surface area contributed by atoms with Gasteiger partial charge in [0.05, 0.1) is 10.7 Å². The number of nitrogens with zero attached hydrogens (tertiary/aromatic N) is 1. The quantitative estimate of drug-likeness (QED) is 0.943. The molecule has 100 valence electrons. The van der Waals surface area contributed by atoms with Crippen LogP contribution in [0.3, 0.4) is 0 Å². The van der Waals surface area contributed by atoms with Crippen LogP contribution in [0.4, 0.5) is 5.69 Å². The first-order valence-corrected chi connectivity index (χ1v) is 7.61. The lowest BCUT2D eigenvalue weighted by molar-refractivity contribution is 0.599. The molecule has 1 heterocycles. The molecule has 0 fully saturated rings. The van der Waals surface area contributed by atoms with E-state index < -0.39 is 10.0 Å². The summed E-state index contributed by atoms with van der Waals surface area (Å²) in [5, 5.41) is 0.297. The van der Waals surface area contributed by atoms with Crippen molar-refractivity contribution in [3.05, 3.63) is 53.3 Å². The molecule has 0 bridgehead atoms. The van der Waals surface area contributed by atoms with Gasteiger partial charge in [-0.3, -0.25) is 9.71 Å². The SMILES string of the molecule is CCc1ncc(Cl)cc1S(=O)(=O)Nc1ccccc1. The fourth-order valence-corrected chi connectivity index (χ4v) is 3.23. The van der Waals surface area contributed by atoms with Crippen molar-refractivity contribution in [3.8, 4) is 0 Å². The Bertz CT molecular complexity index is 672. The number of para-hydroxylation sites is 1. The predicted molar refractivity (Wildman–Crippen MR) is 75.9 cm³/mol. The Kier molecular flexibility index (Phi) is 4.07. The third-order valence-corrected chi connectivity index (χ3v) is 4.19. The Morgan fingerprint density at radius 3 is 2.58 bits per heavy atom. The van der Waals surface area contributed by atoms with Crippen LogP contribution >= 0.6 is 11.6 Å². The van der Waals surface area contributed by atoms with E-state index in [4.69, 9.17) is 11.6 Å². The first-order valence-electron chi connectivity index (χ1n) is 5.75. The molecule has 0 saturated heterocycles. The smallest absolute Gasteiger partial charge is 0.263 e. The van der Waals surface area contributed by atoms with E-state index in [9.17, 15) is 8.42 Å². The Morgan fingerprint density at radius 1 is 1.26 bits per heavy atom. The summed E-state index contributed by atoms with van der Waals surface area (Å²) < 4.78 is 27.2. The summed E-state index contributed by atoms with van der Waals surface area (Å²) >= 11 is 5.83. The zero-order valence-corrected chi connectivity index (χ0v) is 11.9. The summed E-state index contributed by atoms with van der Waals surface area (Å²) in [5.41, 5.74) is 0.998. The highest BCUT2D eigenvalue weighted by atomic mass is 35.5. The van der Waals surface area contributed by atoms with Gasteiger partial charge in [-0.1, -0.05) is 36.7 Å². The van der Waals surface area contributed by atoms with Crippen LogP contribution in [0.15, 0.2) is 47.5 Å². The van der Waals surface area contributed by atoms with E-state index in [1.165, 1.54) is 12.3 Å². The molecule has 0 saturated carbocycles. The molecule has 6 heteroatoms. The molecule has 2 rings (SSSR count). The summed E-state index contributed by atoms with van der Waals surface area (Å²) in [4.78, 5) is 4.17. The summed E-state index contributed by atoms with van der Waals surface area (Å²) in [7, 11) is -3.68. The number of halogens is 1. The van der Waals surface area contributed by atoms with Crippen molar-refractivity contribution in [2.24, 2.45) is 0 Å². The second-order valence-electron chi connectivity index (χ2n) is 3.92.